The predicted molar refractivity (Wildman–Crippen MR) is 67.9 cm³/mol. The highest BCUT2D eigenvalue weighted by molar-refractivity contribution is 6.31. The maximum Gasteiger partial charge on any atom is 0.148 e. The van der Waals surface area contributed by atoms with Crippen LogP contribution in [0.3, 0.4) is 0 Å². The van der Waals surface area contributed by atoms with E-state index in [9.17, 15) is 0 Å². The maximum atomic E-state index is 6.17. The second-order valence-electron chi connectivity index (χ2n) is 3.92. The van der Waals surface area contributed by atoms with E-state index in [0.29, 0.717) is 0 Å². The molecule has 0 fully saturated rings. The van der Waals surface area contributed by atoms with E-state index in [1.807, 2.05) is 32.0 Å². The summed E-state index contributed by atoms with van der Waals surface area (Å²) in [5.41, 5.74) is 8.16. The van der Waals surface area contributed by atoms with Crippen molar-refractivity contribution in [2.45, 2.75) is 26.4 Å². The second kappa shape index (κ2) is 4.85. The van der Waals surface area contributed by atoms with E-state index < -0.39 is 0 Å². The topological polar surface area (TPSA) is 56.7 Å². The normalized spacial score (nSPS) is 12.7. The van der Waals surface area contributed by atoms with Gasteiger partial charge in [0, 0.05) is 11.6 Å². The molecule has 5 heteroatoms. The number of halogens is 1. The van der Waals surface area contributed by atoms with Crippen LogP contribution in [0, 0.1) is 6.92 Å². The van der Waals surface area contributed by atoms with Crippen molar-refractivity contribution >= 4 is 11.6 Å². The molecule has 0 amide bonds. The molecule has 0 aliphatic heterocycles. The van der Waals surface area contributed by atoms with Gasteiger partial charge in [0.05, 0.1) is 6.04 Å². The summed E-state index contributed by atoms with van der Waals surface area (Å²) in [7, 11) is 0. The number of aromatic nitrogens is 3. The molecule has 2 aromatic rings. The van der Waals surface area contributed by atoms with E-state index in [1.54, 1.807) is 4.68 Å². The van der Waals surface area contributed by atoms with Crippen LogP contribution in [0.1, 0.15) is 29.9 Å². The Hall–Kier alpha value is -1.39. The van der Waals surface area contributed by atoms with Gasteiger partial charge in [-0.3, -0.25) is 0 Å². The molecule has 17 heavy (non-hydrogen) atoms. The lowest BCUT2D eigenvalue weighted by atomic mass is 10.1. The fourth-order valence-electron chi connectivity index (χ4n) is 1.71. The number of hydrogen-bond acceptors (Lipinski definition) is 3. The molecular formula is C12H15ClN4. The number of benzene rings is 1. The lowest BCUT2D eigenvalue weighted by molar-refractivity contribution is 0.592. The van der Waals surface area contributed by atoms with E-state index in [2.05, 4.69) is 10.1 Å². The third-order valence-corrected chi connectivity index (χ3v) is 3.19. The SMILES string of the molecule is CCn1ncnc1C(N)c1ccc(C)c(Cl)c1. The van der Waals surface area contributed by atoms with Gasteiger partial charge in [0.1, 0.15) is 12.2 Å². The fraction of sp³-hybridized carbons (Fsp3) is 0.333. The molecule has 0 aliphatic rings. The Balaban J connectivity index is 2.36. The van der Waals surface area contributed by atoms with Crippen molar-refractivity contribution in [3.63, 3.8) is 0 Å². The third-order valence-electron chi connectivity index (χ3n) is 2.78. The van der Waals surface area contributed by atoms with Crippen molar-refractivity contribution < 1.29 is 0 Å². The van der Waals surface area contributed by atoms with Gasteiger partial charge in [-0.15, -0.1) is 0 Å². The highest BCUT2D eigenvalue weighted by Crippen LogP contribution is 2.23. The summed E-state index contributed by atoms with van der Waals surface area (Å²) in [5.74, 6) is 0.757. The van der Waals surface area contributed by atoms with Crippen LogP contribution in [0.25, 0.3) is 0 Å². The van der Waals surface area contributed by atoms with Gasteiger partial charge in [-0.05, 0) is 31.0 Å². The number of hydrogen-bond donors (Lipinski definition) is 1. The van der Waals surface area contributed by atoms with Gasteiger partial charge >= 0.3 is 0 Å². The number of rotatable bonds is 3. The molecule has 90 valence electrons. The van der Waals surface area contributed by atoms with Crippen LogP contribution in [0.2, 0.25) is 5.02 Å². The largest absolute Gasteiger partial charge is 0.318 e. The molecule has 1 aromatic carbocycles. The van der Waals surface area contributed by atoms with E-state index >= 15 is 0 Å². The van der Waals surface area contributed by atoms with Gasteiger partial charge in [-0.25, -0.2) is 9.67 Å². The molecule has 1 aromatic heterocycles. The smallest absolute Gasteiger partial charge is 0.148 e. The zero-order valence-corrected chi connectivity index (χ0v) is 10.6. The molecule has 0 bridgehead atoms. The van der Waals surface area contributed by atoms with E-state index in [0.717, 1.165) is 28.5 Å². The Bertz CT molecular complexity index is 521. The van der Waals surface area contributed by atoms with Crippen molar-refractivity contribution in [2.75, 3.05) is 0 Å². The molecule has 0 spiro atoms. The molecule has 0 aliphatic carbocycles. The average Bonchev–Trinajstić information content (AvgIpc) is 2.80. The minimum Gasteiger partial charge on any atom is -0.318 e. The number of nitrogens with zero attached hydrogens (tertiary/aromatic N) is 3. The zero-order valence-electron chi connectivity index (χ0n) is 9.89. The average molecular weight is 251 g/mol. The maximum absolute atomic E-state index is 6.17. The minimum absolute atomic E-state index is 0.296. The van der Waals surface area contributed by atoms with Crippen molar-refractivity contribution in [3.8, 4) is 0 Å². The Morgan fingerprint density at radius 2 is 2.24 bits per heavy atom. The lowest BCUT2D eigenvalue weighted by Gasteiger charge is -2.13. The fourth-order valence-corrected chi connectivity index (χ4v) is 1.90. The first-order chi connectivity index (χ1) is 8.13. The monoisotopic (exact) mass is 250 g/mol. The minimum atomic E-state index is -0.296. The first-order valence-corrected chi connectivity index (χ1v) is 5.90. The molecule has 4 nitrogen and oxygen atoms in total. The standard InChI is InChI=1S/C12H15ClN4/c1-3-17-12(15-7-16-17)11(14)9-5-4-8(2)10(13)6-9/h4-7,11H,3,14H2,1-2H3. The molecular weight excluding hydrogens is 236 g/mol. The van der Waals surface area contributed by atoms with Gasteiger partial charge in [0.25, 0.3) is 0 Å². The van der Waals surface area contributed by atoms with E-state index in [-0.39, 0.29) is 6.04 Å². The molecule has 1 heterocycles. The Morgan fingerprint density at radius 1 is 1.47 bits per heavy atom. The molecule has 2 N–H and O–H groups in total. The second-order valence-corrected chi connectivity index (χ2v) is 4.33. The van der Waals surface area contributed by atoms with Crippen LogP contribution in [0.5, 0.6) is 0 Å². The van der Waals surface area contributed by atoms with Crippen molar-refractivity contribution in [2.24, 2.45) is 5.73 Å². The Morgan fingerprint density at radius 3 is 2.88 bits per heavy atom. The quantitative estimate of drug-likeness (QED) is 0.910. The summed E-state index contributed by atoms with van der Waals surface area (Å²) >= 11 is 6.09. The first-order valence-electron chi connectivity index (χ1n) is 5.52. The first kappa shape index (κ1) is 12.1. The van der Waals surface area contributed by atoms with Crippen LogP contribution in [-0.4, -0.2) is 14.8 Å². The lowest BCUT2D eigenvalue weighted by Crippen LogP contribution is -2.18. The van der Waals surface area contributed by atoms with Gasteiger partial charge < -0.3 is 5.73 Å². The molecule has 1 atom stereocenters. The van der Waals surface area contributed by atoms with Gasteiger partial charge in [0.15, 0.2) is 0 Å². The zero-order chi connectivity index (χ0) is 12.4. The summed E-state index contributed by atoms with van der Waals surface area (Å²) < 4.78 is 1.79. The van der Waals surface area contributed by atoms with Crippen LogP contribution in [0.4, 0.5) is 0 Å². The molecule has 0 radical (unpaired) electrons. The van der Waals surface area contributed by atoms with Crippen molar-refractivity contribution in [3.05, 3.63) is 46.5 Å². The van der Waals surface area contributed by atoms with Gasteiger partial charge in [-0.1, -0.05) is 23.7 Å². The van der Waals surface area contributed by atoms with Crippen LogP contribution < -0.4 is 5.73 Å². The summed E-state index contributed by atoms with van der Waals surface area (Å²) in [6.45, 7) is 4.72. The Labute approximate surface area is 105 Å². The van der Waals surface area contributed by atoms with E-state index in [4.69, 9.17) is 17.3 Å². The molecule has 0 saturated carbocycles. The molecule has 1 unspecified atom stereocenters. The summed E-state index contributed by atoms with van der Waals surface area (Å²) in [6.07, 6.45) is 1.52. The highest BCUT2D eigenvalue weighted by Gasteiger charge is 2.15. The highest BCUT2D eigenvalue weighted by atomic mass is 35.5. The van der Waals surface area contributed by atoms with Gasteiger partial charge in [-0.2, -0.15) is 5.10 Å². The van der Waals surface area contributed by atoms with Crippen LogP contribution in [-0.2, 0) is 6.54 Å². The van der Waals surface area contributed by atoms with Crippen LogP contribution in [0.15, 0.2) is 24.5 Å². The number of nitrogens with two attached hydrogens (primary N) is 1. The summed E-state index contributed by atoms with van der Waals surface area (Å²) in [5, 5.41) is 4.84. The predicted octanol–water partition coefficient (Wildman–Crippen LogP) is 2.31. The molecule has 2 rings (SSSR count). The van der Waals surface area contributed by atoms with Gasteiger partial charge in [0.2, 0.25) is 0 Å². The summed E-state index contributed by atoms with van der Waals surface area (Å²) in [6, 6.07) is 5.52. The van der Waals surface area contributed by atoms with Crippen molar-refractivity contribution in [1.82, 2.24) is 14.8 Å². The molecule has 0 saturated heterocycles. The van der Waals surface area contributed by atoms with E-state index in [1.165, 1.54) is 6.33 Å². The Kier molecular flexibility index (Phi) is 3.45. The summed E-state index contributed by atoms with van der Waals surface area (Å²) in [4.78, 5) is 4.20. The third kappa shape index (κ3) is 2.33. The van der Waals surface area contributed by atoms with Crippen LogP contribution >= 0.6 is 11.6 Å². The van der Waals surface area contributed by atoms with Crippen molar-refractivity contribution in [1.29, 1.82) is 0 Å². The number of aryl methyl sites for hydroxylation is 2.